The fourth-order valence-electron chi connectivity index (χ4n) is 4.81. The lowest BCUT2D eigenvalue weighted by atomic mass is 9.90. The molecule has 0 radical (unpaired) electrons. The molecule has 0 fully saturated rings. The molecule has 0 amide bonds. The number of rotatable bonds is 6. The Morgan fingerprint density at radius 2 is 0.929 bits per heavy atom. The Kier molecular flexibility index (Phi) is 8.44. The van der Waals surface area contributed by atoms with Crippen molar-refractivity contribution >= 4 is 33.7 Å². The number of fused-ring (bicyclic) bond motifs is 2. The van der Waals surface area contributed by atoms with E-state index in [4.69, 9.17) is 10.2 Å². The molecule has 0 saturated heterocycles. The van der Waals surface area contributed by atoms with Crippen molar-refractivity contribution in [3.8, 4) is 0 Å². The van der Waals surface area contributed by atoms with Crippen LogP contribution in [0.15, 0.2) is 48.5 Å². The molecule has 42 heavy (non-hydrogen) atoms. The van der Waals surface area contributed by atoms with Crippen molar-refractivity contribution in [3.63, 3.8) is 0 Å². The van der Waals surface area contributed by atoms with Crippen molar-refractivity contribution in [1.82, 2.24) is 9.13 Å². The van der Waals surface area contributed by atoms with Gasteiger partial charge in [-0.3, -0.25) is 0 Å². The Balaban J connectivity index is 0.000000230. The number of nitrogens with zero attached hydrogens (tertiary/aromatic N) is 2. The predicted molar refractivity (Wildman–Crippen MR) is 133 cm³/mol. The summed E-state index contributed by atoms with van der Waals surface area (Å²) in [6.07, 6.45) is -10.9. The van der Waals surface area contributed by atoms with Crippen molar-refractivity contribution in [2.24, 2.45) is 14.1 Å². The van der Waals surface area contributed by atoms with E-state index in [-0.39, 0.29) is 33.2 Å². The molecule has 2 heterocycles. The van der Waals surface area contributed by atoms with E-state index in [0.717, 1.165) is 0 Å². The molecule has 228 valence electrons. The van der Waals surface area contributed by atoms with Crippen molar-refractivity contribution in [2.75, 3.05) is 0 Å². The number of hydrogen-bond donors (Lipinski definition) is 6. The Morgan fingerprint density at radius 3 is 1.17 bits per heavy atom. The van der Waals surface area contributed by atoms with Gasteiger partial charge in [0, 0.05) is 47.0 Å². The number of carboxylic acids is 2. The summed E-state index contributed by atoms with van der Waals surface area (Å²) < 4.78 is 81.5. The van der Waals surface area contributed by atoms with Gasteiger partial charge >= 0.3 is 24.3 Å². The van der Waals surface area contributed by atoms with E-state index in [0.29, 0.717) is 0 Å². The molecule has 6 N–H and O–H groups in total. The van der Waals surface area contributed by atoms with Gasteiger partial charge in [-0.05, 0) is 12.1 Å². The second-order valence-electron chi connectivity index (χ2n) is 9.14. The Labute approximate surface area is 231 Å². The highest BCUT2D eigenvalue weighted by Gasteiger charge is 2.64. The number of para-hydroxylation sites is 2. The number of aliphatic hydroxyl groups excluding tert-OH is 2. The highest BCUT2D eigenvalue weighted by Crippen LogP contribution is 2.46. The van der Waals surface area contributed by atoms with Gasteiger partial charge in [-0.15, -0.1) is 0 Å². The molecule has 10 nitrogen and oxygen atoms in total. The molecular formula is C26H24F6N2O8. The number of aliphatic carboxylic acids is 2. The van der Waals surface area contributed by atoms with Gasteiger partial charge in [-0.1, -0.05) is 36.4 Å². The number of carboxylic acid groups (broad SMARTS) is 2. The van der Waals surface area contributed by atoms with E-state index < -0.39 is 59.8 Å². The first-order valence-corrected chi connectivity index (χ1v) is 11.7. The first-order chi connectivity index (χ1) is 19.3. The standard InChI is InChI=1S/2C13H12F3NO4/c2*1-17-8-5-3-2-4-7(8)10(9(17)6-18)12(21,11(19)20)13(14,15)16/h2*2-5,18,21H,6H2,1H3,(H,19,20). The Morgan fingerprint density at radius 1 is 0.643 bits per heavy atom. The lowest BCUT2D eigenvalue weighted by molar-refractivity contribution is -0.266. The van der Waals surface area contributed by atoms with Crippen LogP contribution >= 0.6 is 0 Å². The first kappa shape index (κ1) is 32.4. The highest BCUT2D eigenvalue weighted by molar-refractivity contribution is 5.94. The summed E-state index contributed by atoms with van der Waals surface area (Å²) in [5.41, 5.74) is -9.96. The van der Waals surface area contributed by atoms with E-state index in [1.165, 1.54) is 59.6 Å². The van der Waals surface area contributed by atoms with Gasteiger partial charge in [0.25, 0.3) is 11.2 Å². The third-order valence-electron chi connectivity index (χ3n) is 6.92. The van der Waals surface area contributed by atoms with Gasteiger partial charge in [0.1, 0.15) is 0 Å². The van der Waals surface area contributed by atoms with Crippen LogP contribution in [-0.2, 0) is 48.1 Å². The van der Waals surface area contributed by atoms with Gasteiger partial charge in [0.05, 0.1) is 24.6 Å². The van der Waals surface area contributed by atoms with Crippen LogP contribution in [0.1, 0.15) is 22.5 Å². The number of aromatic nitrogens is 2. The van der Waals surface area contributed by atoms with E-state index in [9.17, 15) is 56.4 Å². The van der Waals surface area contributed by atoms with E-state index in [2.05, 4.69) is 0 Å². The lowest BCUT2D eigenvalue weighted by Gasteiger charge is -2.27. The summed E-state index contributed by atoms with van der Waals surface area (Å²) in [6, 6.07) is 11.4. The quantitative estimate of drug-likeness (QED) is 0.182. The minimum absolute atomic E-state index is 0.0775. The van der Waals surface area contributed by atoms with Crippen LogP contribution in [0.25, 0.3) is 21.8 Å². The van der Waals surface area contributed by atoms with Gasteiger partial charge in [-0.25, -0.2) is 9.59 Å². The maximum atomic E-state index is 13.2. The molecule has 0 aliphatic heterocycles. The number of alkyl halides is 6. The monoisotopic (exact) mass is 606 g/mol. The molecule has 0 aliphatic rings. The second kappa shape index (κ2) is 10.9. The Hall–Kier alpha value is -4.12. The van der Waals surface area contributed by atoms with E-state index >= 15 is 0 Å². The largest absolute Gasteiger partial charge is 0.479 e. The normalized spacial score (nSPS) is 15.1. The van der Waals surface area contributed by atoms with Crippen molar-refractivity contribution < 1.29 is 66.6 Å². The summed E-state index contributed by atoms with van der Waals surface area (Å²) in [4.78, 5) is 22.3. The first-order valence-electron chi connectivity index (χ1n) is 11.7. The lowest BCUT2D eigenvalue weighted by Crippen LogP contribution is -2.49. The number of benzene rings is 2. The second-order valence-corrected chi connectivity index (χ2v) is 9.14. The minimum Gasteiger partial charge on any atom is -0.479 e. The molecular weight excluding hydrogens is 582 g/mol. The van der Waals surface area contributed by atoms with Crippen LogP contribution in [0, 0.1) is 0 Å². The zero-order chi connectivity index (χ0) is 32.0. The average Bonchev–Trinajstić information content (AvgIpc) is 3.37. The maximum Gasteiger partial charge on any atom is 0.432 e. The summed E-state index contributed by atoms with van der Waals surface area (Å²) in [5.74, 6) is -4.89. The van der Waals surface area contributed by atoms with Crippen LogP contribution in [0.5, 0.6) is 0 Å². The predicted octanol–water partition coefficient (Wildman–Crippen LogP) is 3.01. The van der Waals surface area contributed by atoms with E-state index in [1.807, 2.05) is 0 Å². The van der Waals surface area contributed by atoms with Gasteiger partial charge in [0.15, 0.2) is 0 Å². The smallest absolute Gasteiger partial charge is 0.432 e. The topological polar surface area (TPSA) is 165 Å². The minimum atomic E-state index is -5.44. The SMILES string of the molecule is Cn1c(CO)c(C(O)(C(=O)O)C(F)(F)F)c2ccccc21.Cn1c(CO)c(C(O)(C(=O)O)C(F)(F)F)c2ccccc21. The molecule has 2 aromatic heterocycles. The number of hydrogen-bond acceptors (Lipinski definition) is 6. The van der Waals surface area contributed by atoms with Gasteiger partial charge in [-0.2, -0.15) is 26.3 Å². The number of carbonyl (C=O) groups is 2. The third kappa shape index (κ3) is 4.75. The summed E-state index contributed by atoms with van der Waals surface area (Å²) >= 11 is 0. The maximum absolute atomic E-state index is 13.2. The number of aryl methyl sites for hydroxylation is 2. The Bertz CT molecular complexity index is 1540. The molecule has 0 aliphatic carbocycles. The summed E-state index contributed by atoms with van der Waals surface area (Å²) in [6.45, 7) is -1.68. The molecule has 2 aromatic carbocycles. The van der Waals surface area contributed by atoms with Crippen LogP contribution in [0.2, 0.25) is 0 Å². The van der Waals surface area contributed by atoms with Gasteiger partial charge in [0.2, 0.25) is 0 Å². The van der Waals surface area contributed by atoms with Gasteiger partial charge < -0.3 is 39.8 Å². The zero-order valence-corrected chi connectivity index (χ0v) is 21.7. The highest BCUT2D eigenvalue weighted by atomic mass is 19.4. The van der Waals surface area contributed by atoms with E-state index in [1.54, 1.807) is 12.1 Å². The molecule has 2 atom stereocenters. The molecule has 2 unspecified atom stereocenters. The van der Waals surface area contributed by atoms with Crippen molar-refractivity contribution in [3.05, 3.63) is 71.0 Å². The zero-order valence-electron chi connectivity index (χ0n) is 21.7. The average molecular weight is 606 g/mol. The summed E-state index contributed by atoms with van der Waals surface area (Å²) in [5, 5.41) is 56.1. The van der Waals surface area contributed by atoms with Crippen LogP contribution < -0.4 is 0 Å². The van der Waals surface area contributed by atoms with Crippen molar-refractivity contribution in [1.29, 1.82) is 0 Å². The molecule has 0 spiro atoms. The third-order valence-corrected chi connectivity index (χ3v) is 6.92. The molecule has 4 rings (SSSR count). The van der Waals surface area contributed by atoms with Crippen LogP contribution in [0.4, 0.5) is 26.3 Å². The summed E-state index contributed by atoms with van der Waals surface area (Å²) in [7, 11) is 2.77. The fourth-order valence-corrected chi connectivity index (χ4v) is 4.81. The van der Waals surface area contributed by atoms with Crippen molar-refractivity contribution in [2.45, 2.75) is 36.8 Å². The molecule has 0 bridgehead atoms. The van der Waals surface area contributed by atoms with Crippen LogP contribution in [0.3, 0.4) is 0 Å². The molecule has 0 saturated carbocycles. The number of aliphatic hydroxyl groups is 4. The van der Waals surface area contributed by atoms with Crippen LogP contribution in [-0.4, -0.2) is 64.1 Å². The molecule has 16 heteroatoms. The number of halogens is 6. The molecule has 4 aromatic rings. The fraction of sp³-hybridized carbons (Fsp3) is 0.308.